The van der Waals surface area contributed by atoms with E-state index in [0.717, 1.165) is 51.8 Å². The molecule has 4 saturated carbocycles. The Balaban J connectivity index is 0.000000391. The van der Waals surface area contributed by atoms with Crippen LogP contribution in [0.4, 0.5) is 5.69 Å². The van der Waals surface area contributed by atoms with Crippen molar-refractivity contribution in [3.63, 3.8) is 0 Å². The molecule has 0 N–H and O–H groups in total. The maximum absolute atomic E-state index is 12.2. The molecule has 3 aromatic rings. The molecular weight excluding hydrogens is 836 g/mol. The van der Waals surface area contributed by atoms with Gasteiger partial charge in [-0.3, -0.25) is 4.79 Å². The van der Waals surface area contributed by atoms with Crippen LogP contribution in [-0.4, -0.2) is 54.2 Å². The molecule has 4 atom stereocenters. The second-order valence-electron chi connectivity index (χ2n) is 17.4. The number of aryl methyl sites for hydroxylation is 2. The van der Waals surface area contributed by atoms with E-state index in [-0.39, 0.29) is 65.6 Å². The minimum Gasteiger partial charge on any atom is -0.383 e. The van der Waals surface area contributed by atoms with Gasteiger partial charge in [-0.2, -0.15) is 0 Å². The zero-order valence-corrected chi connectivity index (χ0v) is 42.4. The fourth-order valence-corrected chi connectivity index (χ4v) is 18.9. The number of rotatable bonds is 13. The normalized spacial score (nSPS) is 20.3. The van der Waals surface area contributed by atoms with Crippen LogP contribution in [0.5, 0.6) is 0 Å². The van der Waals surface area contributed by atoms with Crippen LogP contribution >= 0.6 is 27.4 Å². The van der Waals surface area contributed by atoms with Crippen molar-refractivity contribution in [3.8, 4) is 0 Å². The number of amides is 1. The maximum Gasteiger partial charge on any atom is 2.00 e. The fourth-order valence-electron chi connectivity index (χ4n) is 10.7. The van der Waals surface area contributed by atoms with Gasteiger partial charge in [-0.05, 0) is 117 Å². The molecule has 336 valence electrons. The topological polar surface area (TPSA) is 29.5 Å². The minimum absolute atomic E-state index is 0. The third-order valence-corrected chi connectivity index (χ3v) is 20.7. The molecule has 7 heteroatoms. The molecule has 0 aliphatic heterocycles. The van der Waals surface area contributed by atoms with Crippen molar-refractivity contribution in [1.82, 2.24) is 0 Å². The summed E-state index contributed by atoms with van der Waals surface area (Å²) in [5, 5.41) is 3.23. The molecule has 3 aromatic carbocycles. The molecule has 0 bridgehead atoms. The van der Waals surface area contributed by atoms with Crippen molar-refractivity contribution < 1.29 is 26.6 Å². The third kappa shape index (κ3) is 15.5. The van der Waals surface area contributed by atoms with E-state index in [1.165, 1.54) is 89.9 Å². The van der Waals surface area contributed by atoms with Crippen molar-refractivity contribution in [2.75, 3.05) is 24.5 Å². The molecule has 4 aliphatic carbocycles. The van der Waals surface area contributed by atoms with Gasteiger partial charge < -0.3 is 24.5 Å². The first-order valence-electron chi connectivity index (χ1n) is 23.0. The summed E-state index contributed by atoms with van der Waals surface area (Å²) in [6, 6.07) is 29.3. The standard InChI is InChI=1S/C31H44P2.C15H22ClNO2.C5H10.2CH3.Fe/c1-25(32(26-15-6-2-7-16-26)27-17-8-3-9-18-27)30-23-14-24-31(30)33(28-19-10-4-11-20-28)29-21-12-5-13-22-29;1-5-13-8-6-7-11(2)15(13)17(14(18)9-16)12(3)10-19-4;1-2-4-5-3-1;;;/h4-5,10-13,19-22,25-27,30-31H,2-3,6-9,14-18,23-24H2,1H3;6-8,12H,5,9-10H2,1-4H3;1-5H2;2*1H3;/q;;;2*-1;+2/t25-,30?,31?;12-;;;;/m10..../s1. The van der Waals surface area contributed by atoms with Crippen LogP contribution in [0.1, 0.15) is 147 Å². The Morgan fingerprint density at radius 2 is 1.18 bits per heavy atom. The minimum atomic E-state index is -0.273. The number of benzene rings is 3. The van der Waals surface area contributed by atoms with E-state index < -0.39 is 0 Å². The Morgan fingerprint density at radius 1 is 0.700 bits per heavy atom. The number of methoxy groups -OCH3 is 1. The van der Waals surface area contributed by atoms with Gasteiger partial charge >= 0.3 is 17.1 Å². The first-order valence-corrected chi connectivity index (χ1v) is 26.5. The van der Waals surface area contributed by atoms with Gasteiger partial charge in [0.2, 0.25) is 5.91 Å². The number of hydrogen-bond donors (Lipinski definition) is 0. The number of halogens is 1. The molecule has 4 fully saturated rings. The average Bonchev–Trinajstić information content (AvgIpc) is 4.01. The Hall–Kier alpha value is -1.24. The Kier molecular flexibility index (Phi) is 27.4. The van der Waals surface area contributed by atoms with E-state index in [4.69, 9.17) is 16.3 Å². The third-order valence-electron chi connectivity index (χ3n) is 13.4. The van der Waals surface area contributed by atoms with Crippen molar-refractivity contribution in [2.24, 2.45) is 5.92 Å². The fraction of sp³-hybridized carbons (Fsp3) is 0.604. The van der Waals surface area contributed by atoms with E-state index >= 15 is 0 Å². The second kappa shape index (κ2) is 30.0. The number of anilines is 1. The zero-order chi connectivity index (χ0) is 40.4. The van der Waals surface area contributed by atoms with E-state index in [1.807, 2.05) is 26.0 Å². The van der Waals surface area contributed by atoms with Crippen molar-refractivity contribution in [2.45, 2.75) is 178 Å². The molecule has 0 saturated heterocycles. The predicted octanol–water partition coefficient (Wildman–Crippen LogP) is 14.8. The zero-order valence-electron chi connectivity index (χ0n) is 38.7. The number of ether oxygens (including phenoxy) is 1. The van der Waals surface area contributed by atoms with Crippen LogP contribution in [0.2, 0.25) is 0 Å². The SMILES string of the molecule is C1CCCC1.CCc1cccc(C)c1N(C(=O)CCl)[C@@H](C)COC.C[C@H](C1CCCC1P(c1ccccc1)c1ccccc1)P(C1CCCCC1)C1CCCCC1.[CH3-].[CH3-].[Fe+2]. The van der Waals surface area contributed by atoms with Gasteiger partial charge in [-0.25, -0.2) is 0 Å². The predicted molar refractivity (Wildman–Crippen MR) is 266 cm³/mol. The first kappa shape index (κ1) is 54.9. The molecule has 1 amide bonds. The summed E-state index contributed by atoms with van der Waals surface area (Å²) in [6.45, 7) is 9.31. The molecule has 0 spiro atoms. The van der Waals surface area contributed by atoms with Gasteiger partial charge in [0, 0.05) is 7.11 Å². The Morgan fingerprint density at radius 3 is 1.63 bits per heavy atom. The van der Waals surface area contributed by atoms with Crippen LogP contribution in [0.25, 0.3) is 0 Å². The summed E-state index contributed by atoms with van der Waals surface area (Å²) in [5.74, 6) is 0.827. The van der Waals surface area contributed by atoms with Gasteiger partial charge in [0.1, 0.15) is 5.88 Å². The number of para-hydroxylation sites is 1. The summed E-state index contributed by atoms with van der Waals surface area (Å²) in [7, 11) is 1.52. The first-order chi connectivity index (χ1) is 27.9. The van der Waals surface area contributed by atoms with Crippen LogP contribution in [-0.2, 0) is 33.0 Å². The molecule has 60 heavy (non-hydrogen) atoms. The Labute approximate surface area is 387 Å². The smallest absolute Gasteiger partial charge is 0.383 e. The van der Waals surface area contributed by atoms with E-state index in [0.29, 0.717) is 6.61 Å². The summed E-state index contributed by atoms with van der Waals surface area (Å²) < 4.78 is 5.18. The Bertz CT molecular complexity index is 1500. The number of hydrogen-bond acceptors (Lipinski definition) is 2. The maximum atomic E-state index is 12.2. The average molecular weight is 918 g/mol. The number of carbonyl (C=O) groups is 1. The molecule has 0 aromatic heterocycles. The summed E-state index contributed by atoms with van der Waals surface area (Å²) in [5.41, 5.74) is 7.19. The molecule has 3 nitrogen and oxygen atoms in total. The van der Waals surface area contributed by atoms with Crippen LogP contribution < -0.4 is 15.5 Å². The van der Waals surface area contributed by atoms with Crippen molar-refractivity contribution in [1.29, 1.82) is 0 Å². The van der Waals surface area contributed by atoms with Crippen LogP contribution in [0, 0.1) is 27.7 Å². The van der Waals surface area contributed by atoms with Crippen molar-refractivity contribution >= 4 is 49.6 Å². The molecule has 0 radical (unpaired) electrons. The van der Waals surface area contributed by atoms with E-state index in [2.05, 4.69) is 80.6 Å². The van der Waals surface area contributed by atoms with Gasteiger partial charge in [0.15, 0.2) is 0 Å². The van der Waals surface area contributed by atoms with E-state index in [9.17, 15) is 4.79 Å². The second-order valence-corrected chi connectivity index (χ2v) is 23.3. The summed E-state index contributed by atoms with van der Waals surface area (Å²) >= 11 is 5.76. The number of nitrogens with zero attached hydrogens (tertiary/aromatic N) is 1. The van der Waals surface area contributed by atoms with Crippen molar-refractivity contribution in [3.05, 3.63) is 105 Å². The summed E-state index contributed by atoms with van der Waals surface area (Å²) in [4.78, 5) is 14.0. The number of alkyl halides is 1. The quantitative estimate of drug-likeness (QED) is 0.0740. The largest absolute Gasteiger partial charge is 2.00 e. The molecule has 7 rings (SSSR count). The van der Waals surface area contributed by atoms with Gasteiger partial charge in [-0.1, -0.05) is 178 Å². The van der Waals surface area contributed by atoms with Gasteiger partial charge in [0.05, 0.1) is 18.3 Å². The van der Waals surface area contributed by atoms with Gasteiger partial charge in [-0.15, -0.1) is 11.6 Å². The molecular formula is C53H82ClFeNO2P2. The van der Waals surface area contributed by atoms with Crippen LogP contribution in [0.15, 0.2) is 78.9 Å². The molecule has 4 aliphatic rings. The van der Waals surface area contributed by atoms with Gasteiger partial charge in [0.25, 0.3) is 0 Å². The van der Waals surface area contributed by atoms with E-state index in [1.54, 1.807) is 48.3 Å². The van der Waals surface area contributed by atoms with Crippen LogP contribution in [0.3, 0.4) is 0 Å². The number of carbonyl (C=O) groups excluding carboxylic acids is 1. The molecule has 2 unspecified atom stereocenters. The monoisotopic (exact) mass is 917 g/mol. The molecule has 0 heterocycles. The summed E-state index contributed by atoms with van der Waals surface area (Å²) in [6.07, 6.45) is 28.0.